The van der Waals surface area contributed by atoms with Crippen molar-refractivity contribution in [2.24, 2.45) is 0 Å². The molecule has 0 atom stereocenters. The first-order valence-electron chi connectivity index (χ1n) is 7.92. The maximum Gasteiger partial charge on any atom is 0.229 e. The average molecular weight is 335 g/mol. The Morgan fingerprint density at radius 3 is 2.52 bits per heavy atom. The van der Waals surface area contributed by atoms with Gasteiger partial charge in [-0.25, -0.2) is 9.37 Å². The molecule has 25 heavy (non-hydrogen) atoms. The Morgan fingerprint density at radius 1 is 1.04 bits per heavy atom. The number of aryl methyl sites for hydroxylation is 1. The van der Waals surface area contributed by atoms with Crippen molar-refractivity contribution in [1.82, 2.24) is 4.98 Å². The highest BCUT2D eigenvalue weighted by Crippen LogP contribution is 2.18. The third kappa shape index (κ3) is 4.88. The van der Waals surface area contributed by atoms with Gasteiger partial charge in [0.15, 0.2) is 0 Å². The van der Waals surface area contributed by atoms with Crippen LogP contribution in [0.1, 0.15) is 11.1 Å². The molecule has 4 nitrogen and oxygen atoms in total. The number of anilines is 3. The Morgan fingerprint density at radius 2 is 1.84 bits per heavy atom. The summed E-state index contributed by atoms with van der Waals surface area (Å²) in [6.07, 6.45) is 1.89. The molecule has 3 aromatic rings. The number of hydrogen-bond donors (Lipinski definition) is 2. The zero-order valence-corrected chi connectivity index (χ0v) is 13.8. The number of carbonyl (C=O) groups is 1. The molecule has 2 N–H and O–H groups in total. The molecular formula is C20H18FN3O. The summed E-state index contributed by atoms with van der Waals surface area (Å²) in [7, 11) is 0. The van der Waals surface area contributed by atoms with Gasteiger partial charge in [-0.05, 0) is 42.8 Å². The van der Waals surface area contributed by atoms with Gasteiger partial charge in [0.25, 0.3) is 0 Å². The van der Waals surface area contributed by atoms with E-state index in [0.717, 1.165) is 11.1 Å². The number of halogens is 1. The smallest absolute Gasteiger partial charge is 0.229 e. The molecule has 0 aliphatic rings. The van der Waals surface area contributed by atoms with E-state index in [-0.39, 0.29) is 11.7 Å². The minimum atomic E-state index is -0.307. The van der Waals surface area contributed by atoms with Gasteiger partial charge in [-0.15, -0.1) is 0 Å². The summed E-state index contributed by atoms with van der Waals surface area (Å²) in [4.78, 5) is 16.3. The number of hydrogen-bond acceptors (Lipinski definition) is 3. The van der Waals surface area contributed by atoms with E-state index in [1.807, 2.05) is 31.2 Å². The molecule has 1 heterocycles. The molecule has 3 rings (SSSR count). The summed E-state index contributed by atoms with van der Waals surface area (Å²) in [5, 5.41) is 5.82. The van der Waals surface area contributed by atoms with Crippen molar-refractivity contribution in [3.05, 3.63) is 83.8 Å². The molecule has 126 valence electrons. The fourth-order valence-corrected chi connectivity index (χ4v) is 2.35. The summed E-state index contributed by atoms with van der Waals surface area (Å²) in [6, 6.07) is 17.5. The van der Waals surface area contributed by atoms with Gasteiger partial charge in [-0.1, -0.05) is 35.9 Å². The summed E-state index contributed by atoms with van der Waals surface area (Å²) >= 11 is 0. The minimum Gasteiger partial charge on any atom is -0.354 e. The highest BCUT2D eigenvalue weighted by atomic mass is 19.1. The van der Waals surface area contributed by atoms with Crippen molar-refractivity contribution in [3.8, 4) is 0 Å². The lowest BCUT2D eigenvalue weighted by molar-refractivity contribution is -0.115. The zero-order valence-electron chi connectivity index (χ0n) is 13.8. The first-order valence-corrected chi connectivity index (χ1v) is 7.92. The lowest BCUT2D eigenvalue weighted by atomic mass is 10.1. The highest BCUT2D eigenvalue weighted by molar-refractivity contribution is 5.91. The molecule has 0 aliphatic carbocycles. The van der Waals surface area contributed by atoms with E-state index in [4.69, 9.17) is 0 Å². The number of nitrogens with zero attached hydrogens (tertiary/aromatic N) is 1. The number of benzene rings is 2. The van der Waals surface area contributed by atoms with Crippen molar-refractivity contribution in [1.29, 1.82) is 0 Å². The van der Waals surface area contributed by atoms with Gasteiger partial charge in [0.1, 0.15) is 11.6 Å². The summed E-state index contributed by atoms with van der Waals surface area (Å²) in [6.45, 7) is 2.01. The Balaban J connectivity index is 1.58. The molecule has 0 radical (unpaired) electrons. The SMILES string of the molecule is Cc1ccc(CC(=O)Nc2ccc(Nc3cccc(F)c3)cn2)cc1. The number of aromatic nitrogens is 1. The molecule has 1 amide bonds. The quantitative estimate of drug-likeness (QED) is 0.724. The molecule has 2 aromatic carbocycles. The van der Waals surface area contributed by atoms with Crippen LogP contribution in [0.3, 0.4) is 0 Å². The van der Waals surface area contributed by atoms with Crippen LogP contribution in [-0.4, -0.2) is 10.9 Å². The first-order chi connectivity index (χ1) is 12.1. The zero-order chi connectivity index (χ0) is 17.6. The van der Waals surface area contributed by atoms with E-state index in [9.17, 15) is 9.18 Å². The van der Waals surface area contributed by atoms with Crippen molar-refractivity contribution < 1.29 is 9.18 Å². The molecular weight excluding hydrogens is 317 g/mol. The molecule has 0 bridgehead atoms. The molecule has 0 saturated heterocycles. The van der Waals surface area contributed by atoms with Crippen LogP contribution in [-0.2, 0) is 11.2 Å². The first kappa shape index (κ1) is 16.6. The van der Waals surface area contributed by atoms with Gasteiger partial charge in [-0.2, -0.15) is 0 Å². The third-order valence-electron chi connectivity index (χ3n) is 3.63. The largest absolute Gasteiger partial charge is 0.354 e. The molecule has 0 aliphatic heterocycles. The second-order valence-corrected chi connectivity index (χ2v) is 5.78. The number of carbonyl (C=O) groups excluding carboxylic acids is 1. The van der Waals surface area contributed by atoms with Crippen molar-refractivity contribution >= 4 is 23.1 Å². The van der Waals surface area contributed by atoms with Crippen LogP contribution < -0.4 is 10.6 Å². The van der Waals surface area contributed by atoms with Crippen LogP contribution >= 0.6 is 0 Å². The normalized spacial score (nSPS) is 10.3. The molecule has 5 heteroatoms. The Labute approximate surface area is 145 Å². The number of amides is 1. The van der Waals surface area contributed by atoms with Crippen LogP contribution in [0.2, 0.25) is 0 Å². The topological polar surface area (TPSA) is 54.0 Å². The minimum absolute atomic E-state index is 0.123. The average Bonchev–Trinajstić information content (AvgIpc) is 2.59. The van der Waals surface area contributed by atoms with Crippen LogP contribution in [0.4, 0.5) is 21.6 Å². The van der Waals surface area contributed by atoms with Gasteiger partial charge in [-0.3, -0.25) is 4.79 Å². The van der Waals surface area contributed by atoms with E-state index < -0.39 is 0 Å². The van der Waals surface area contributed by atoms with Gasteiger partial charge in [0.2, 0.25) is 5.91 Å². The van der Waals surface area contributed by atoms with Crippen LogP contribution in [0.15, 0.2) is 66.9 Å². The Hall–Kier alpha value is -3.21. The van der Waals surface area contributed by atoms with Gasteiger partial charge < -0.3 is 10.6 Å². The number of pyridine rings is 1. The van der Waals surface area contributed by atoms with Crippen LogP contribution in [0.25, 0.3) is 0 Å². The molecule has 0 spiro atoms. The van der Waals surface area contributed by atoms with Crippen molar-refractivity contribution in [2.45, 2.75) is 13.3 Å². The van der Waals surface area contributed by atoms with E-state index in [2.05, 4.69) is 15.6 Å². The standard InChI is InChI=1S/C20H18FN3O/c1-14-5-7-15(8-6-14)11-20(25)24-19-10-9-18(13-22-19)23-17-4-2-3-16(21)12-17/h2-10,12-13,23H,11H2,1H3,(H,22,24,25). The summed E-state index contributed by atoms with van der Waals surface area (Å²) in [5.74, 6) is 0.0436. The molecule has 0 fully saturated rings. The van der Waals surface area contributed by atoms with Gasteiger partial charge in [0.05, 0.1) is 18.3 Å². The molecule has 1 aromatic heterocycles. The van der Waals surface area contributed by atoms with Gasteiger partial charge >= 0.3 is 0 Å². The second kappa shape index (κ2) is 7.57. The second-order valence-electron chi connectivity index (χ2n) is 5.78. The molecule has 0 unspecified atom stereocenters. The Bertz CT molecular complexity index is 861. The van der Waals surface area contributed by atoms with Crippen molar-refractivity contribution in [2.75, 3.05) is 10.6 Å². The molecule has 0 saturated carbocycles. The number of nitrogens with one attached hydrogen (secondary N) is 2. The summed E-state index contributed by atoms with van der Waals surface area (Å²) in [5.41, 5.74) is 3.46. The van der Waals surface area contributed by atoms with E-state index >= 15 is 0 Å². The van der Waals surface area contributed by atoms with Crippen LogP contribution in [0.5, 0.6) is 0 Å². The fourth-order valence-electron chi connectivity index (χ4n) is 2.35. The van der Waals surface area contributed by atoms with Crippen molar-refractivity contribution in [3.63, 3.8) is 0 Å². The predicted molar refractivity (Wildman–Crippen MR) is 97.4 cm³/mol. The predicted octanol–water partition coefficient (Wildman–Crippen LogP) is 4.45. The highest BCUT2D eigenvalue weighted by Gasteiger charge is 2.05. The summed E-state index contributed by atoms with van der Waals surface area (Å²) < 4.78 is 13.2. The number of rotatable bonds is 5. The van der Waals surface area contributed by atoms with E-state index in [1.165, 1.54) is 12.1 Å². The lowest BCUT2D eigenvalue weighted by Gasteiger charge is -2.08. The monoisotopic (exact) mass is 335 g/mol. The van der Waals surface area contributed by atoms with Crippen LogP contribution in [0, 0.1) is 12.7 Å². The maximum absolute atomic E-state index is 13.2. The Kier molecular flexibility index (Phi) is 5.04. The van der Waals surface area contributed by atoms with Gasteiger partial charge in [0, 0.05) is 5.69 Å². The lowest BCUT2D eigenvalue weighted by Crippen LogP contribution is -2.15. The van der Waals surface area contributed by atoms with E-state index in [0.29, 0.717) is 23.6 Å². The third-order valence-corrected chi connectivity index (χ3v) is 3.63. The fraction of sp³-hybridized carbons (Fsp3) is 0.100. The van der Waals surface area contributed by atoms with E-state index in [1.54, 1.807) is 30.5 Å². The maximum atomic E-state index is 13.2.